The van der Waals surface area contributed by atoms with E-state index in [1.54, 1.807) is 38.4 Å². The zero-order valence-corrected chi connectivity index (χ0v) is 18.8. The van der Waals surface area contributed by atoms with Gasteiger partial charge in [-0.15, -0.1) is 0 Å². The highest BCUT2D eigenvalue weighted by atomic mass is 32.2. The number of urea groups is 1. The molecule has 3 rings (SSSR count). The highest BCUT2D eigenvalue weighted by Gasteiger charge is 2.24. The average molecular weight is 471 g/mol. The van der Waals surface area contributed by atoms with Crippen LogP contribution in [0.15, 0.2) is 76.8 Å². The van der Waals surface area contributed by atoms with E-state index >= 15 is 0 Å². The summed E-state index contributed by atoms with van der Waals surface area (Å²) in [6.45, 7) is 3.81. The Bertz CT molecular complexity index is 1250. The summed E-state index contributed by atoms with van der Waals surface area (Å²) in [6, 6.07) is 11.4. The van der Waals surface area contributed by atoms with Crippen molar-refractivity contribution in [1.29, 1.82) is 0 Å². The molecular weight excluding hydrogens is 447 g/mol. The number of nitrogens with one attached hydrogen (secondary N) is 3. The van der Waals surface area contributed by atoms with Gasteiger partial charge in [-0.2, -0.15) is 0 Å². The van der Waals surface area contributed by atoms with Crippen LogP contribution >= 0.6 is 0 Å². The molecule has 0 aliphatic rings. The molecule has 0 atom stereocenters. The van der Waals surface area contributed by atoms with Crippen LogP contribution in [0.4, 0.5) is 14.9 Å². The number of anilines is 1. The molecule has 0 bridgehead atoms. The number of rotatable bonds is 7. The highest BCUT2D eigenvalue weighted by Crippen LogP contribution is 2.25. The Hall–Kier alpha value is -3.79. The van der Waals surface area contributed by atoms with Crippen molar-refractivity contribution in [3.05, 3.63) is 83.9 Å². The summed E-state index contributed by atoms with van der Waals surface area (Å²) in [5.41, 5.74) is 1.26. The number of hydrogen-bond donors (Lipinski definition) is 3. The van der Waals surface area contributed by atoms with Gasteiger partial charge in [0.05, 0.1) is 4.90 Å². The van der Waals surface area contributed by atoms with Crippen molar-refractivity contribution in [2.45, 2.75) is 36.2 Å². The van der Waals surface area contributed by atoms with Crippen molar-refractivity contribution in [1.82, 2.24) is 15.6 Å². The van der Waals surface area contributed by atoms with E-state index in [1.165, 1.54) is 30.3 Å². The predicted octanol–water partition coefficient (Wildman–Crippen LogP) is 3.51. The van der Waals surface area contributed by atoms with Crippen LogP contribution in [0.1, 0.15) is 29.8 Å². The Morgan fingerprint density at radius 3 is 2.30 bits per heavy atom. The van der Waals surface area contributed by atoms with Gasteiger partial charge in [0.15, 0.2) is 0 Å². The maximum absolute atomic E-state index is 14.4. The Kier molecular flexibility index (Phi) is 7.39. The summed E-state index contributed by atoms with van der Waals surface area (Å²) in [7, 11) is -4.23. The monoisotopic (exact) mass is 470 g/mol. The minimum Gasteiger partial charge on any atom is -0.350 e. The van der Waals surface area contributed by atoms with Crippen LogP contribution in [0, 0.1) is 5.82 Å². The largest absolute Gasteiger partial charge is 0.350 e. The molecule has 0 unspecified atom stereocenters. The number of carbonyl (C=O) groups is 2. The lowest BCUT2D eigenvalue weighted by Crippen LogP contribution is -2.30. The first-order valence-electron chi connectivity index (χ1n) is 10.1. The molecule has 0 spiro atoms. The summed E-state index contributed by atoms with van der Waals surface area (Å²) in [5, 5.41) is 7.91. The van der Waals surface area contributed by atoms with E-state index in [0.717, 1.165) is 17.7 Å². The molecule has 3 amide bonds. The molecular formula is C23H23FN4O4S. The molecule has 0 aliphatic carbocycles. The Morgan fingerprint density at radius 1 is 1.00 bits per heavy atom. The molecule has 8 nitrogen and oxygen atoms in total. The molecule has 172 valence electrons. The van der Waals surface area contributed by atoms with Gasteiger partial charge in [0.1, 0.15) is 10.7 Å². The van der Waals surface area contributed by atoms with Gasteiger partial charge in [-0.1, -0.05) is 0 Å². The van der Waals surface area contributed by atoms with E-state index in [4.69, 9.17) is 0 Å². The second-order valence-corrected chi connectivity index (χ2v) is 9.38. The van der Waals surface area contributed by atoms with Crippen molar-refractivity contribution < 1.29 is 22.4 Å². The molecule has 3 aromatic rings. The number of sulfone groups is 1. The lowest BCUT2D eigenvalue weighted by atomic mass is 10.2. The highest BCUT2D eigenvalue weighted by molar-refractivity contribution is 7.91. The summed E-state index contributed by atoms with van der Waals surface area (Å²) >= 11 is 0. The van der Waals surface area contributed by atoms with Gasteiger partial charge in [0.25, 0.3) is 5.91 Å². The molecule has 0 radical (unpaired) electrons. The fourth-order valence-corrected chi connectivity index (χ4v) is 4.25. The van der Waals surface area contributed by atoms with Crippen molar-refractivity contribution in [3.63, 3.8) is 0 Å². The number of nitrogens with zero attached hydrogens (tertiary/aromatic N) is 1. The molecule has 0 aliphatic heterocycles. The van der Waals surface area contributed by atoms with E-state index in [1.807, 2.05) is 0 Å². The van der Waals surface area contributed by atoms with E-state index in [0.29, 0.717) is 12.2 Å². The SMILES string of the molecule is CC(C)NC(=O)c1ccc(F)c(S(=O)(=O)c2ccc(NC(=O)NCc3ccncc3)cc2)c1. The van der Waals surface area contributed by atoms with Crippen LogP contribution in [0.5, 0.6) is 0 Å². The molecule has 0 fully saturated rings. The molecule has 1 heterocycles. The van der Waals surface area contributed by atoms with Gasteiger partial charge >= 0.3 is 6.03 Å². The Labute approximate surface area is 191 Å². The Morgan fingerprint density at radius 2 is 1.67 bits per heavy atom. The molecule has 2 aromatic carbocycles. The van der Waals surface area contributed by atoms with Crippen LogP contribution in [-0.4, -0.2) is 31.4 Å². The maximum Gasteiger partial charge on any atom is 0.319 e. The summed E-state index contributed by atoms with van der Waals surface area (Å²) in [4.78, 5) is 27.4. The number of hydrogen-bond acceptors (Lipinski definition) is 5. The summed E-state index contributed by atoms with van der Waals surface area (Å²) in [5.74, 6) is -1.47. The van der Waals surface area contributed by atoms with Gasteiger partial charge < -0.3 is 16.0 Å². The van der Waals surface area contributed by atoms with Gasteiger partial charge in [-0.3, -0.25) is 9.78 Å². The zero-order valence-electron chi connectivity index (χ0n) is 18.0. The normalized spacial score (nSPS) is 11.2. The van der Waals surface area contributed by atoms with Gasteiger partial charge in [-0.05, 0) is 74.0 Å². The fourth-order valence-electron chi connectivity index (χ4n) is 2.90. The maximum atomic E-state index is 14.4. The number of halogens is 1. The third kappa shape index (κ3) is 6.13. The number of aromatic nitrogens is 1. The van der Waals surface area contributed by atoms with E-state index in [2.05, 4.69) is 20.9 Å². The second-order valence-electron chi connectivity index (χ2n) is 7.46. The van der Waals surface area contributed by atoms with Crippen molar-refractivity contribution >= 4 is 27.5 Å². The van der Waals surface area contributed by atoms with E-state index in [-0.39, 0.29) is 16.5 Å². The van der Waals surface area contributed by atoms with Gasteiger partial charge in [-0.25, -0.2) is 17.6 Å². The summed E-state index contributed by atoms with van der Waals surface area (Å²) < 4.78 is 40.3. The number of benzene rings is 2. The van der Waals surface area contributed by atoms with Gasteiger partial charge in [0.2, 0.25) is 9.84 Å². The topological polar surface area (TPSA) is 117 Å². The minimum atomic E-state index is -4.23. The third-order valence-electron chi connectivity index (χ3n) is 4.53. The first-order chi connectivity index (χ1) is 15.7. The van der Waals surface area contributed by atoms with Crippen LogP contribution in [0.3, 0.4) is 0 Å². The molecule has 33 heavy (non-hydrogen) atoms. The van der Waals surface area contributed by atoms with Crippen molar-refractivity contribution in [3.8, 4) is 0 Å². The summed E-state index contributed by atoms with van der Waals surface area (Å²) in [6.07, 6.45) is 3.23. The third-order valence-corrected chi connectivity index (χ3v) is 6.31. The number of pyridine rings is 1. The molecule has 1 aromatic heterocycles. The zero-order chi connectivity index (χ0) is 24.0. The van der Waals surface area contributed by atoms with Crippen LogP contribution in [-0.2, 0) is 16.4 Å². The van der Waals surface area contributed by atoms with Crippen molar-refractivity contribution in [2.75, 3.05) is 5.32 Å². The first kappa shape index (κ1) is 23.9. The molecule has 3 N–H and O–H groups in total. The number of amides is 3. The average Bonchev–Trinajstić information content (AvgIpc) is 2.78. The standard InChI is InChI=1S/C23H23FN4O4S/c1-15(2)27-22(29)17-3-8-20(24)21(13-17)33(31,32)19-6-4-18(5-7-19)28-23(30)26-14-16-9-11-25-12-10-16/h3-13,15H,14H2,1-2H3,(H,27,29)(H2,26,28,30). The fraction of sp³-hybridized carbons (Fsp3) is 0.174. The molecule has 10 heteroatoms. The van der Waals surface area contributed by atoms with Gasteiger partial charge in [0, 0.05) is 36.2 Å². The molecule has 0 saturated carbocycles. The van der Waals surface area contributed by atoms with Crippen LogP contribution < -0.4 is 16.0 Å². The van der Waals surface area contributed by atoms with Crippen molar-refractivity contribution in [2.24, 2.45) is 0 Å². The first-order valence-corrected chi connectivity index (χ1v) is 11.5. The lowest BCUT2D eigenvalue weighted by molar-refractivity contribution is 0.0943. The Balaban J connectivity index is 1.73. The lowest BCUT2D eigenvalue weighted by Gasteiger charge is -2.11. The minimum absolute atomic E-state index is 0.0350. The smallest absolute Gasteiger partial charge is 0.319 e. The molecule has 0 saturated heterocycles. The van der Waals surface area contributed by atoms with Crippen LogP contribution in [0.25, 0.3) is 0 Å². The van der Waals surface area contributed by atoms with E-state index in [9.17, 15) is 22.4 Å². The second kappa shape index (κ2) is 10.2. The van der Waals surface area contributed by atoms with E-state index < -0.39 is 32.5 Å². The van der Waals surface area contributed by atoms with Crippen LogP contribution in [0.2, 0.25) is 0 Å². The quantitative estimate of drug-likeness (QED) is 0.489. The number of carbonyl (C=O) groups excluding carboxylic acids is 2. The predicted molar refractivity (Wildman–Crippen MR) is 121 cm³/mol.